The summed E-state index contributed by atoms with van der Waals surface area (Å²) in [5, 5.41) is 9.10. The third kappa shape index (κ3) is 3.35. The first-order valence-corrected chi connectivity index (χ1v) is 8.42. The number of benzene rings is 1. The highest BCUT2D eigenvalue weighted by atomic mass is 32.2. The van der Waals surface area contributed by atoms with Crippen LogP contribution in [0.15, 0.2) is 24.3 Å². The van der Waals surface area contributed by atoms with Crippen LogP contribution in [-0.4, -0.2) is 42.5 Å². The van der Waals surface area contributed by atoms with Crippen LogP contribution in [0.25, 0.3) is 0 Å². The van der Waals surface area contributed by atoms with E-state index in [2.05, 4.69) is 0 Å². The van der Waals surface area contributed by atoms with E-state index in [9.17, 15) is 8.42 Å². The Morgan fingerprint density at radius 2 is 2.15 bits per heavy atom. The molecule has 0 bridgehead atoms. The zero-order valence-electron chi connectivity index (χ0n) is 11.0. The predicted octanol–water partition coefficient (Wildman–Crippen LogP) is 0.465. The zero-order chi connectivity index (χ0) is 14.8. The maximum absolute atomic E-state index is 12.4. The Morgan fingerprint density at radius 1 is 1.45 bits per heavy atom. The van der Waals surface area contributed by atoms with Crippen LogP contribution in [0.5, 0.6) is 0 Å². The van der Waals surface area contributed by atoms with Gasteiger partial charge in [0, 0.05) is 25.3 Å². The third-order valence-corrected chi connectivity index (χ3v) is 5.54. The maximum atomic E-state index is 12.4. The molecular weight excluding hydrogens is 296 g/mol. The minimum atomic E-state index is -3.41. The van der Waals surface area contributed by atoms with Crippen LogP contribution in [-0.2, 0) is 15.8 Å². The molecule has 1 saturated heterocycles. The summed E-state index contributed by atoms with van der Waals surface area (Å²) >= 11 is 4.95. The molecule has 0 amide bonds. The summed E-state index contributed by atoms with van der Waals surface area (Å²) < 4.78 is 26.2. The van der Waals surface area contributed by atoms with E-state index < -0.39 is 10.0 Å². The summed E-state index contributed by atoms with van der Waals surface area (Å²) in [6.45, 7) is 0.867. The number of sulfonamides is 1. The smallest absolute Gasteiger partial charge is 0.218 e. The standard InChI is InChI=1S/C13H18N2O3S2/c14-13(19)12-4-2-1-3-11(12)9-20(17,18)15-6-5-10(7-15)8-16/h1-4,10,16H,5-9H2,(H2,14,19). The lowest BCUT2D eigenvalue weighted by Crippen LogP contribution is -2.31. The number of nitrogens with zero attached hydrogens (tertiary/aromatic N) is 1. The van der Waals surface area contributed by atoms with E-state index in [1.54, 1.807) is 24.3 Å². The Morgan fingerprint density at radius 3 is 2.75 bits per heavy atom. The molecule has 0 aromatic heterocycles. The molecule has 1 aliphatic rings. The molecular formula is C13H18N2O3S2. The van der Waals surface area contributed by atoms with Gasteiger partial charge in [0.15, 0.2) is 0 Å². The van der Waals surface area contributed by atoms with Crippen LogP contribution in [0.3, 0.4) is 0 Å². The molecule has 2 rings (SSSR count). The lowest BCUT2D eigenvalue weighted by molar-refractivity contribution is 0.233. The van der Waals surface area contributed by atoms with Crippen LogP contribution in [0, 0.1) is 5.92 Å². The van der Waals surface area contributed by atoms with E-state index in [1.165, 1.54) is 4.31 Å². The molecule has 1 fully saturated rings. The van der Waals surface area contributed by atoms with Gasteiger partial charge in [-0.1, -0.05) is 36.5 Å². The second-order valence-corrected chi connectivity index (χ2v) is 7.38. The van der Waals surface area contributed by atoms with Gasteiger partial charge in [-0.3, -0.25) is 0 Å². The number of aliphatic hydroxyl groups excluding tert-OH is 1. The van der Waals surface area contributed by atoms with Gasteiger partial charge in [-0.15, -0.1) is 0 Å². The van der Waals surface area contributed by atoms with Gasteiger partial charge in [0.05, 0.1) is 5.75 Å². The monoisotopic (exact) mass is 314 g/mol. The van der Waals surface area contributed by atoms with Crippen molar-refractivity contribution in [2.24, 2.45) is 11.7 Å². The minimum Gasteiger partial charge on any atom is -0.396 e. The molecule has 5 nitrogen and oxygen atoms in total. The van der Waals surface area contributed by atoms with Crippen molar-refractivity contribution in [2.45, 2.75) is 12.2 Å². The summed E-state index contributed by atoms with van der Waals surface area (Å²) in [5.41, 5.74) is 6.84. The third-order valence-electron chi connectivity index (χ3n) is 3.52. The molecule has 20 heavy (non-hydrogen) atoms. The molecule has 1 unspecified atom stereocenters. The molecule has 0 spiro atoms. The topological polar surface area (TPSA) is 83.6 Å². The number of hydrogen-bond donors (Lipinski definition) is 2. The van der Waals surface area contributed by atoms with Crippen molar-refractivity contribution in [1.82, 2.24) is 4.31 Å². The van der Waals surface area contributed by atoms with Crippen LogP contribution in [0.2, 0.25) is 0 Å². The van der Waals surface area contributed by atoms with Crippen molar-refractivity contribution < 1.29 is 13.5 Å². The molecule has 0 radical (unpaired) electrons. The van der Waals surface area contributed by atoms with E-state index >= 15 is 0 Å². The molecule has 3 N–H and O–H groups in total. The second kappa shape index (κ2) is 6.17. The molecule has 7 heteroatoms. The van der Waals surface area contributed by atoms with Crippen LogP contribution < -0.4 is 5.73 Å². The number of hydrogen-bond acceptors (Lipinski definition) is 4. The number of rotatable bonds is 5. The quantitative estimate of drug-likeness (QED) is 0.772. The van der Waals surface area contributed by atoms with E-state index in [4.69, 9.17) is 23.1 Å². The van der Waals surface area contributed by atoms with E-state index in [1.807, 2.05) is 0 Å². The fourth-order valence-corrected chi connectivity index (χ4v) is 4.22. The molecule has 1 atom stereocenters. The number of aliphatic hydroxyl groups is 1. The summed E-state index contributed by atoms with van der Waals surface area (Å²) in [6, 6.07) is 7.01. The number of nitrogens with two attached hydrogens (primary N) is 1. The maximum Gasteiger partial charge on any atom is 0.218 e. The first-order chi connectivity index (χ1) is 9.44. The van der Waals surface area contributed by atoms with Crippen molar-refractivity contribution in [3.05, 3.63) is 35.4 Å². The first-order valence-electron chi connectivity index (χ1n) is 6.40. The van der Waals surface area contributed by atoms with E-state index in [0.717, 1.165) is 0 Å². The minimum absolute atomic E-state index is 0.0233. The highest BCUT2D eigenvalue weighted by Gasteiger charge is 2.31. The summed E-state index contributed by atoms with van der Waals surface area (Å²) in [6.07, 6.45) is 0.701. The average Bonchev–Trinajstić information content (AvgIpc) is 2.88. The number of thiocarbonyl (C=S) groups is 1. The molecule has 1 aliphatic heterocycles. The van der Waals surface area contributed by atoms with Crippen LogP contribution in [0.4, 0.5) is 0 Å². The van der Waals surface area contributed by atoms with Crippen molar-refractivity contribution in [3.63, 3.8) is 0 Å². The highest BCUT2D eigenvalue weighted by Crippen LogP contribution is 2.22. The highest BCUT2D eigenvalue weighted by molar-refractivity contribution is 7.88. The van der Waals surface area contributed by atoms with Crippen molar-refractivity contribution >= 4 is 27.2 Å². The van der Waals surface area contributed by atoms with Gasteiger partial charge in [0.25, 0.3) is 0 Å². The molecule has 0 saturated carbocycles. The average molecular weight is 314 g/mol. The molecule has 1 aromatic rings. The van der Waals surface area contributed by atoms with Gasteiger partial charge < -0.3 is 10.8 Å². The Labute approximate surface area is 124 Å². The fraction of sp³-hybridized carbons (Fsp3) is 0.462. The predicted molar refractivity (Wildman–Crippen MR) is 81.7 cm³/mol. The van der Waals surface area contributed by atoms with Gasteiger partial charge in [0.1, 0.15) is 4.99 Å². The Kier molecular flexibility index (Phi) is 4.74. The Bertz CT molecular complexity index is 601. The molecule has 1 aromatic carbocycles. The second-order valence-electron chi connectivity index (χ2n) is 4.97. The van der Waals surface area contributed by atoms with Crippen molar-refractivity contribution in [2.75, 3.05) is 19.7 Å². The van der Waals surface area contributed by atoms with E-state index in [-0.39, 0.29) is 23.3 Å². The van der Waals surface area contributed by atoms with Gasteiger partial charge >= 0.3 is 0 Å². The summed E-state index contributed by atoms with van der Waals surface area (Å²) in [5.74, 6) is -0.0748. The molecule has 0 aliphatic carbocycles. The van der Waals surface area contributed by atoms with Gasteiger partial charge in [0.2, 0.25) is 10.0 Å². The van der Waals surface area contributed by atoms with Gasteiger partial charge in [-0.2, -0.15) is 0 Å². The first kappa shape index (κ1) is 15.4. The van der Waals surface area contributed by atoms with Crippen molar-refractivity contribution in [3.8, 4) is 0 Å². The Balaban J connectivity index is 2.19. The fourth-order valence-electron chi connectivity index (χ4n) is 2.37. The normalized spacial score (nSPS) is 20.1. The van der Waals surface area contributed by atoms with Crippen molar-refractivity contribution in [1.29, 1.82) is 0 Å². The van der Waals surface area contributed by atoms with Gasteiger partial charge in [-0.05, 0) is 17.9 Å². The van der Waals surface area contributed by atoms with Gasteiger partial charge in [-0.25, -0.2) is 12.7 Å². The summed E-state index contributed by atoms with van der Waals surface area (Å²) in [4.78, 5) is 0.199. The molecule has 1 heterocycles. The van der Waals surface area contributed by atoms with Crippen LogP contribution >= 0.6 is 12.2 Å². The lowest BCUT2D eigenvalue weighted by atomic mass is 10.1. The lowest BCUT2D eigenvalue weighted by Gasteiger charge is -2.17. The van der Waals surface area contributed by atoms with E-state index in [0.29, 0.717) is 30.6 Å². The SMILES string of the molecule is NC(=S)c1ccccc1CS(=O)(=O)N1CCC(CO)C1. The van der Waals surface area contributed by atoms with Crippen LogP contribution in [0.1, 0.15) is 17.5 Å². The summed E-state index contributed by atoms with van der Waals surface area (Å²) in [7, 11) is -3.41. The largest absolute Gasteiger partial charge is 0.396 e. The Hall–Kier alpha value is -1.02. The zero-order valence-corrected chi connectivity index (χ0v) is 12.7. The molecule has 110 valence electrons.